The predicted molar refractivity (Wildman–Crippen MR) is 54.9 cm³/mol. The minimum Gasteiger partial charge on any atom is -0.446 e. The van der Waals surface area contributed by atoms with Crippen molar-refractivity contribution in [1.29, 1.82) is 0 Å². The van der Waals surface area contributed by atoms with Crippen LogP contribution in [-0.4, -0.2) is 12.5 Å². The summed E-state index contributed by atoms with van der Waals surface area (Å²) in [6.45, 7) is 4.13. The average molecular weight is 196 g/mol. The molecule has 4 heteroatoms. The lowest BCUT2D eigenvalue weighted by atomic mass is 10.1. The second-order valence-corrected chi connectivity index (χ2v) is 3.24. The number of carbonyl (C=O) groups excluding carboxylic acids is 1. The van der Waals surface area contributed by atoms with Gasteiger partial charge in [0.15, 0.2) is 5.88 Å². The highest BCUT2D eigenvalue weighted by Gasteiger charge is 2.15. The van der Waals surface area contributed by atoms with Crippen molar-refractivity contribution < 1.29 is 9.21 Å². The molecule has 1 unspecified atom stereocenters. The Labute approximate surface area is 83.5 Å². The van der Waals surface area contributed by atoms with Crippen molar-refractivity contribution in [3.63, 3.8) is 0 Å². The molecule has 0 fully saturated rings. The first-order valence-electron chi connectivity index (χ1n) is 4.74. The largest absolute Gasteiger partial charge is 0.446 e. The third-order valence-corrected chi connectivity index (χ3v) is 2.13. The molecular formula is C10H16N2O2. The van der Waals surface area contributed by atoms with Crippen LogP contribution in [0.5, 0.6) is 0 Å². The van der Waals surface area contributed by atoms with Crippen LogP contribution in [-0.2, 0) is 4.79 Å². The number of anilines is 1. The molecule has 3 N–H and O–H groups in total. The normalized spacial score (nSPS) is 12.5. The number of carbonyl (C=O) groups is 1. The van der Waals surface area contributed by atoms with Gasteiger partial charge in [-0.15, -0.1) is 0 Å². The first kappa shape index (κ1) is 10.8. The molecular weight excluding hydrogens is 180 g/mol. The van der Waals surface area contributed by atoms with Crippen LogP contribution in [0.2, 0.25) is 0 Å². The number of amides is 1. The van der Waals surface area contributed by atoms with E-state index in [-0.39, 0.29) is 11.8 Å². The SMILES string of the molecule is CCC(CN)C(=O)Nc1ccc(C)o1. The number of hydrogen-bond donors (Lipinski definition) is 2. The molecule has 78 valence electrons. The summed E-state index contributed by atoms with van der Waals surface area (Å²) in [5, 5.41) is 2.68. The lowest BCUT2D eigenvalue weighted by molar-refractivity contribution is -0.119. The Morgan fingerprint density at radius 1 is 1.64 bits per heavy atom. The van der Waals surface area contributed by atoms with Crippen LogP contribution in [0.25, 0.3) is 0 Å². The summed E-state index contributed by atoms with van der Waals surface area (Å²) in [5.41, 5.74) is 5.45. The van der Waals surface area contributed by atoms with Crippen LogP contribution >= 0.6 is 0 Å². The topological polar surface area (TPSA) is 68.3 Å². The van der Waals surface area contributed by atoms with Gasteiger partial charge in [0.2, 0.25) is 5.91 Å². The maximum absolute atomic E-state index is 11.5. The van der Waals surface area contributed by atoms with Gasteiger partial charge in [-0.05, 0) is 19.4 Å². The van der Waals surface area contributed by atoms with E-state index in [0.717, 1.165) is 12.2 Å². The summed E-state index contributed by atoms with van der Waals surface area (Å²) in [6.07, 6.45) is 0.738. The van der Waals surface area contributed by atoms with E-state index in [1.54, 1.807) is 12.1 Å². The molecule has 0 bridgehead atoms. The minimum absolute atomic E-state index is 0.0793. The van der Waals surface area contributed by atoms with Gasteiger partial charge in [-0.1, -0.05) is 6.92 Å². The van der Waals surface area contributed by atoms with Gasteiger partial charge >= 0.3 is 0 Å². The summed E-state index contributed by atoms with van der Waals surface area (Å²) in [7, 11) is 0. The van der Waals surface area contributed by atoms with E-state index in [1.165, 1.54) is 0 Å². The van der Waals surface area contributed by atoms with Gasteiger partial charge in [0.05, 0.1) is 5.92 Å². The zero-order chi connectivity index (χ0) is 10.6. The van der Waals surface area contributed by atoms with E-state index in [1.807, 2.05) is 13.8 Å². The van der Waals surface area contributed by atoms with Gasteiger partial charge in [0.1, 0.15) is 5.76 Å². The van der Waals surface area contributed by atoms with Crippen molar-refractivity contribution in [3.8, 4) is 0 Å². The molecule has 0 aliphatic carbocycles. The van der Waals surface area contributed by atoms with Gasteiger partial charge in [0.25, 0.3) is 0 Å². The maximum atomic E-state index is 11.5. The first-order valence-corrected chi connectivity index (χ1v) is 4.74. The molecule has 0 aromatic carbocycles. The number of rotatable bonds is 4. The Balaban J connectivity index is 2.56. The monoisotopic (exact) mass is 196 g/mol. The van der Waals surface area contributed by atoms with Crippen molar-refractivity contribution >= 4 is 11.8 Å². The van der Waals surface area contributed by atoms with Crippen molar-refractivity contribution in [2.75, 3.05) is 11.9 Å². The van der Waals surface area contributed by atoms with E-state index >= 15 is 0 Å². The average Bonchev–Trinajstić information content (AvgIpc) is 2.53. The Bertz CT molecular complexity index is 303. The molecule has 1 rings (SSSR count). The first-order chi connectivity index (χ1) is 6.67. The summed E-state index contributed by atoms with van der Waals surface area (Å²) in [4.78, 5) is 11.5. The Hall–Kier alpha value is -1.29. The van der Waals surface area contributed by atoms with Crippen molar-refractivity contribution in [2.24, 2.45) is 11.7 Å². The van der Waals surface area contributed by atoms with E-state index in [0.29, 0.717) is 12.4 Å². The molecule has 0 aliphatic heterocycles. The van der Waals surface area contributed by atoms with Gasteiger partial charge in [0, 0.05) is 12.6 Å². The number of hydrogen-bond acceptors (Lipinski definition) is 3. The van der Waals surface area contributed by atoms with Crippen LogP contribution in [0.15, 0.2) is 16.5 Å². The van der Waals surface area contributed by atoms with Gasteiger partial charge in [-0.3, -0.25) is 10.1 Å². The fourth-order valence-electron chi connectivity index (χ4n) is 1.18. The zero-order valence-electron chi connectivity index (χ0n) is 8.54. The van der Waals surface area contributed by atoms with Gasteiger partial charge in [-0.2, -0.15) is 0 Å². The molecule has 0 saturated carbocycles. The lowest BCUT2D eigenvalue weighted by Gasteiger charge is -2.10. The number of nitrogens with one attached hydrogen (secondary N) is 1. The lowest BCUT2D eigenvalue weighted by Crippen LogP contribution is -2.28. The highest BCUT2D eigenvalue weighted by Crippen LogP contribution is 2.13. The number of aryl methyl sites for hydroxylation is 1. The number of furan rings is 1. The van der Waals surface area contributed by atoms with E-state index in [9.17, 15) is 4.79 Å². The van der Waals surface area contributed by atoms with E-state index in [4.69, 9.17) is 10.2 Å². The van der Waals surface area contributed by atoms with Gasteiger partial charge in [-0.25, -0.2) is 0 Å². The molecule has 1 atom stereocenters. The maximum Gasteiger partial charge on any atom is 0.231 e. The Kier molecular flexibility index (Phi) is 3.71. The molecule has 0 spiro atoms. The van der Waals surface area contributed by atoms with E-state index in [2.05, 4.69) is 5.32 Å². The quantitative estimate of drug-likeness (QED) is 0.767. The number of nitrogens with two attached hydrogens (primary N) is 1. The zero-order valence-corrected chi connectivity index (χ0v) is 8.54. The third kappa shape index (κ3) is 2.60. The smallest absolute Gasteiger partial charge is 0.231 e. The van der Waals surface area contributed by atoms with Crippen molar-refractivity contribution in [3.05, 3.63) is 17.9 Å². The molecule has 0 saturated heterocycles. The Morgan fingerprint density at radius 3 is 2.79 bits per heavy atom. The van der Waals surface area contributed by atoms with Gasteiger partial charge < -0.3 is 10.2 Å². The van der Waals surface area contributed by atoms with Crippen LogP contribution in [0, 0.1) is 12.8 Å². The molecule has 4 nitrogen and oxygen atoms in total. The summed E-state index contributed by atoms with van der Waals surface area (Å²) < 4.78 is 5.22. The molecule has 14 heavy (non-hydrogen) atoms. The standard InChI is InChI=1S/C10H16N2O2/c1-3-8(6-11)10(13)12-9-5-4-7(2)14-9/h4-5,8H,3,6,11H2,1-2H3,(H,12,13). The van der Waals surface area contributed by atoms with Crippen molar-refractivity contribution in [2.45, 2.75) is 20.3 Å². The minimum atomic E-state index is -0.139. The highest BCUT2D eigenvalue weighted by atomic mass is 16.4. The van der Waals surface area contributed by atoms with Crippen LogP contribution in [0.3, 0.4) is 0 Å². The summed E-state index contributed by atoms with van der Waals surface area (Å²) >= 11 is 0. The highest BCUT2D eigenvalue weighted by molar-refractivity contribution is 5.91. The summed E-state index contributed by atoms with van der Waals surface area (Å²) in [6, 6.07) is 3.54. The third-order valence-electron chi connectivity index (χ3n) is 2.13. The van der Waals surface area contributed by atoms with Crippen molar-refractivity contribution in [1.82, 2.24) is 0 Å². The fraction of sp³-hybridized carbons (Fsp3) is 0.500. The predicted octanol–water partition coefficient (Wildman–Crippen LogP) is 1.51. The second kappa shape index (κ2) is 4.81. The van der Waals surface area contributed by atoms with Crippen LogP contribution in [0.4, 0.5) is 5.88 Å². The molecule has 1 heterocycles. The van der Waals surface area contributed by atoms with Crippen LogP contribution in [0.1, 0.15) is 19.1 Å². The van der Waals surface area contributed by atoms with E-state index < -0.39 is 0 Å². The second-order valence-electron chi connectivity index (χ2n) is 3.24. The molecule has 1 amide bonds. The fourth-order valence-corrected chi connectivity index (χ4v) is 1.18. The summed E-state index contributed by atoms with van der Waals surface area (Å²) in [5.74, 6) is 1.05. The Morgan fingerprint density at radius 2 is 2.36 bits per heavy atom. The van der Waals surface area contributed by atoms with Crippen LogP contribution < -0.4 is 11.1 Å². The molecule has 1 aromatic rings. The molecule has 0 radical (unpaired) electrons. The molecule has 0 aliphatic rings. The molecule has 1 aromatic heterocycles.